The number of esters is 1. The lowest BCUT2D eigenvalue weighted by Crippen LogP contribution is -2.48. The highest BCUT2D eigenvalue weighted by Crippen LogP contribution is 2.21. The molecule has 1 saturated heterocycles. The summed E-state index contributed by atoms with van der Waals surface area (Å²) in [7, 11) is -3.11. The summed E-state index contributed by atoms with van der Waals surface area (Å²) >= 11 is 3.22. The number of sulfone groups is 1. The van der Waals surface area contributed by atoms with Gasteiger partial charge in [-0.3, -0.25) is 9.78 Å². The summed E-state index contributed by atoms with van der Waals surface area (Å²) < 4.78 is 29.2. The smallest absolute Gasteiger partial charge is 0.340 e. The lowest BCUT2D eigenvalue weighted by Gasteiger charge is -2.33. The lowest BCUT2D eigenvalue weighted by molar-refractivity contribution is -0.138. The Kier molecular flexibility index (Phi) is 6.56. The molecule has 1 aliphatic rings. The number of amides is 1. The Morgan fingerprint density at radius 2 is 2.16 bits per heavy atom. The van der Waals surface area contributed by atoms with E-state index in [9.17, 15) is 18.0 Å². The number of hydrogen-bond donors (Lipinski definition) is 0. The highest BCUT2D eigenvalue weighted by atomic mass is 79.9. The molecule has 0 aliphatic carbocycles. The summed E-state index contributed by atoms with van der Waals surface area (Å²) in [5.74, 6) is -0.980. The van der Waals surface area contributed by atoms with Crippen LogP contribution < -0.4 is 0 Å². The summed E-state index contributed by atoms with van der Waals surface area (Å²) in [6.07, 6.45) is 3.99. The molecule has 0 saturated carbocycles. The first-order valence-electron chi connectivity index (χ1n) is 8.02. The van der Waals surface area contributed by atoms with Crippen molar-refractivity contribution >= 4 is 37.6 Å². The molecule has 1 fully saturated rings. The number of nitrogens with zero attached hydrogens (tertiary/aromatic N) is 2. The number of carbonyl (C=O) groups is 2. The van der Waals surface area contributed by atoms with Gasteiger partial charge in [0.2, 0.25) is 0 Å². The van der Waals surface area contributed by atoms with Gasteiger partial charge in [0, 0.05) is 29.0 Å². The molecular weight excluding hydrogens is 412 g/mol. The Labute approximate surface area is 155 Å². The second-order valence-electron chi connectivity index (χ2n) is 6.08. The molecule has 2 rings (SSSR count). The van der Waals surface area contributed by atoms with Gasteiger partial charge in [0.1, 0.15) is 0 Å². The number of hydrogen-bond acceptors (Lipinski definition) is 6. The molecule has 0 spiro atoms. The fourth-order valence-corrected chi connectivity index (χ4v) is 4.89. The third kappa shape index (κ3) is 5.24. The molecule has 7 nitrogen and oxygen atoms in total. The minimum atomic E-state index is -3.11. The van der Waals surface area contributed by atoms with Gasteiger partial charge in [-0.15, -0.1) is 0 Å². The van der Waals surface area contributed by atoms with Crippen LogP contribution in [0.15, 0.2) is 22.9 Å². The van der Waals surface area contributed by atoms with Crippen LogP contribution in [0.4, 0.5) is 0 Å². The van der Waals surface area contributed by atoms with Gasteiger partial charge in [0.15, 0.2) is 16.4 Å². The zero-order valence-corrected chi connectivity index (χ0v) is 16.5. The summed E-state index contributed by atoms with van der Waals surface area (Å²) in [6.45, 7) is 3.36. The quantitative estimate of drug-likeness (QED) is 0.636. The molecule has 0 unspecified atom stereocenters. The minimum Gasteiger partial charge on any atom is -0.452 e. The van der Waals surface area contributed by atoms with E-state index < -0.39 is 22.4 Å². The van der Waals surface area contributed by atoms with Gasteiger partial charge in [0.05, 0.1) is 17.1 Å². The third-order valence-electron chi connectivity index (χ3n) is 4.22. The van der Waals surface area contributed by atoms with Crippen molar-refractivity contribution in [2.75, 3.05) is 18.1 Å². The Balaban J connectivity index is 2.03. The molecule has 1 aromatic heterocycles. The molecule has 138 valence electrons. The van der Waals surface area contributed by atoms with E-state index in [2.05, 4.69) is 20.9 Å². The maximum Gasteiger partial charge on any atom is 0.340 e. The average Bonchev–Trinajstić information content (AvgIpc) is 2.92. The Bertz CT molecular complexity index is 753. The fraction of sp³-hybridized carbons (Fsp3) is 0.562. The number of halogens is 1. The molecule has 0 radical (unpaired) electrons. The molecule has 2 atom stereocenters. The SMILES string of the molecule is CC[C@H](C)N(C(=O)COC(=O)c1cncc(Br)c1)[C@@H]1CCS(=O)(=O)C1. The van der Waals surface area contributed by atoms with Gasteiger partial charge < -0.3 is 9.64 Å². The Morgan fingerprint density at radius 1 is 1.44 bits per heavy atom. The zero-order chi connectivity index (χ0) is 18.6. The standard InChI is InChI=1S/C16H21BrN2O5S/c1-3-11(2)19(14-4-5-25(22,23)10-14)15(20)9-24-16(21)12-6-13(17)8-18-7-12/h6-8,11,14H,3-5,9-10H2,1-2H3/t11-,14+/m0/s1. The van der Waals surface area contributed by atoms with E-state index >= 15 is 0 Å². The van der Waals surface area contributed by atoms with Crippen molar-refractivity contribution in [3.8, 4) is 0 Å². The van der Waals surface area contributed by atoms with Crippen molar-refractivity contribution in [2.45, 2.75) is 38.8 Å². The van der Waals surface area contributed by atoms with E-state index in [1.165, 1.54) is 12.4 Å². The monoisotopic (exact) mass is 432 g/mol. The van der Waals surface area contributed by atoms with Gasteiger partial charge in [-0.1, -0.05) is 6.92 Å². The summed E-state index contributed by atoms with van der Waals surface area (Å²) in [6, 6.07) is 1.06. The van der Waals surface area contributed by atoms with Crippen LogP contribution >= 0.6 is 15.9 Å². The van der Waals surface area contributed by atoms with Crippen LogP contribution in [0.2, 0.25) is 0 Å². The normalized spacial score (nSPS) is 20.0. The topological polar surface area (TPSA) is 93.6 Å². The predicted octanol–water partition coefficient (Wildman–Crippen LogP) is 1.82. The molecule has 0 bridgehead atoms. The molecule has 25 heavy (non-hydrogen) atoms. The van der Waals surface area contributed by atoms with Gasteiger partial charge in [-0.05, 0) is 41.8 Å². The second kappa shape index (κ2) is 8.27. The molecule has 1 aromatic rings. The summed E-state index contributed by atoms with van der Waals surface area (Å²) in [5, 5.41) is 0. The van der Waals surface area contributed by atoms with E-state index in [1.54, 1.807) is 11.0 Å². The zero-order valence-electron chi connectivity index (χ0n) is 14.1. The van der Waals surface area contributed by atoms with E-state index in [4.69, 9.17) is 4.74 Å². The van der Waals surface area contributed by atoms with Crippen LogP contribution in [0.3, 0.4) is 0 Å². The van der Waals surface area contributed by atoms with Crippen LogP contribution in [-0.4, -0.2) is 60.4 Å². The van der Waals surface area contributed by atoms with Gasteiger partial charge in [0.25, 0.3) is 5.91 Å². The number of aromatic nitrogens is 1. The van der Waals surface area contributed by atoms with Gasteiger partial charge in [-0.2, -0.15) is 0 Å². The number of carbonyl (C=O) groups excluding carboxylic acids is 2. The first-order chi connectivity index (χ1) is 11.7. The van der Waals surface area contributed by atoms with E-state index in [0.717, 1.165) is 0 Å². The van der Waals surface area contributed by atoms with Crippen molar-refractivity contribution in [2.24, 2.45) is 0 Å². The number of rotatable bonds is 6. The van der Waals surface area contributed by atoms with Crippen LogP contribution in [0, 0.1) is 0 Å². The summed E-state index contributed by atoms with van der Waals surface area (Å²) in [5.41, 5.74) is 0.237. The van der Waals surface area contributed by atoms with Crippen LogP contribution in [0.5, 0.6) is 0 Å². The van der Waals surface area contributed by atoms with Gasteiger partial charge in [-0.25, -0.2) is 13.2 Å². The van der Waals surface area contributed by atoms with Crippen LogP contribution in [0.1, 0.15) is 37.0 Å². The maximum absolute atomic E-state index is 12.6. The van der Waals surface area contributed by atoms with Crippen LogP contribution in [-0.2, 0) is 19.4 Å². The third-order valence-corrected chi connectivity index (χ3v) is 6.41. The molecule has 1 amide bonds. The Hall–Kier alpha value is -1.48. The molecule has 1 aliphatic heterocycles. The van der Waals surface area contributed by atoms with Crippen molar-refractivity contribution in [1.82, 2.24) is 9.88 Å². The molecule has 2 heterocycles. The van der Waals surface area contributed by atoms with Crippen molar-refractivity contribution < 1.29 is 22.7 Å². The summed E-state index contributed by atoms with van der Waals surface area (Å²) in [4.78, 5) is 30.0. The van der Waals surface area contributed by atoms with Crippen molar-refractivity contribution in [3.63, 3.8) is 0 Å². The van der Waals surface area contributed by atoms with Gasteiger partial charge >= 0.3 is 5.97 Å². The van der Waals surface area contributed by atoms with Crippen molar-refractivity contribution in [1.29, 1.82) is 0 Å². The van der Waals surface area contributed by atoms with E-state index in [-0.39, 0.29) is 35.1 Å². The fourth-order valence-electron chi connectivity index (χ4n) is 2.81. The highest BCUT2D eigenvalue weighted by Gasteiger charge is 2.36. The molecular formula is C16H21BrN2O5S. The van der Waals surface area contributed by atoms with E-state index in [1.807, 2.05) is 13.8 Å². The second-order valence-corrected chi connectivity index (χ2v) is 9.23. The maximum atomic E-state index is 12.6. The lowest BCUT2D eigenvalue weighted by atomic mass is 10.1. The average molecular weight is 433 g/mol. The predicted molar refractivity (Wildman–Crippen MR) is 95.9 cm³/mol. The molecule has 9 heteroatoms. The minimum absolute atomic E-state index is 0.0351. The Morgan fingerprint density at radius 3 is 2.72 bits per heavy atom. The molecule has 0 N–H and O–H groups in total. The van der Waals surface area contributed by atoms with Crippen molar-refractivity contribution in [3.05, 3.63) is 28.5 Å². The van der Waals surface area contributed by atoms with Crippen LogP contribution in [0.25, 0.3) is 0 Å². The highest BCUT2D eigenvalue weighted by molar-refractivity contribution is 9.10. The first kappa shape index (κ1) is 19.8. The first-order valence-corrected chi connectivity index (χ1v) is 10.6. The largest absolute Gasteiger partial charge is 0.452 e. The number of pyridine rings is 1. The van der Waals surface area contributed by atoms with E-state index in [0.29, 0.717) is 17.3 Å². The number of ether oxygens (including phenoxy) is 1. The molecule has 0 aromatic carbocycles.